The Morgan fingerprint density at radius 3 is 2.51 bits per heavy atom. The van der Waals surface area contributed by atoms with Gasteiger partial charge in [0.2, 0.25) is 10.0 Å². The molecule has 0 unspecified atom stereocenters. The molecule has 0 saturated heterocycles. The van der Waals surface area contributed by atoms with Gasteiger partial charge in [-0.1, -0.05) is 36.3 Å². The third kappa shape index (κ3) is 6.37. The van der Waals surface area contributed by atoms with E-state index in [-0.39, 0.29) is 53.4 Å². The number of anilines is 2. The molecule has 0 aliphatic carbocycles. The van der Waals surface area contributed by atoms with E-state index in [2.05, 4.69) is 15.8 Å². The number of fused-ring (bicyclic) bond motifs is 1. The first kappa shape index (κ1) is 30.0. The molecule has 0 saturated carbocycles. The third-order valence-electron chi connectivity index (χ3n) is 7.10. The maximum absolute atomic E-state index is 13.7. The van der Waals surface area contributed by atoms with Gasteiger partial charge in [0.25, 0.3) is 5.91 Å². The topological polar surface area (TPSA) is 154 Å². The zero-order chi connectivity index (χ0) is 29.9. The Hall–Kier alpha value is -3.94. The molecule has 0 spiro atoms. The number of nitrogens with one attached hydrogen (secondary N) is 2. The van der Waals surface area contributed by atoms with Crippen molar-refractivity contribution in [2.24, 2.45) is 5.92 Å². The number of carbonyl (C=O) groups excluding carboxylic acids is 2. The van der Waals surface area contributed by atoms with Crippen LogP contribution in [0.5, 0.6) is 5.75 Å². The Kier molecular flexibility index (Phi) is 9.00. The molecule has 220 valence electrons. The third-order valence-corrected chi connectivity index (χ3v) is 8.94. The minimum Gasteiger partial charge on any atom is -0.486 e. The van der Waals surface area contributed by atoms with Crippen molar-refractivity contribution < 1.29 is 32.4 Å². The van der Waals surface area contributed by atoms with E-state index in [0.717, 1.165) is 0 Å². The van der Waals surface area contributed by atoms with Gasteiger partial charge >= 0.3 is 6.03 Å². The van der Waals surface area contributed by atoms with Crippen LogP contribution in [0.25, 0.3) is 0 Å². The maximum atomic E-state index is 13.7. The Balaban J connectivity index is 1.70. The lowest BCUT2D eigenvalue weighted by molar-refractivity contribution is 0.0389. The van der Waals surface area contributed by atoms with Gasteiger partial charge in [-0.3, -0.25) is 4.79 Å². The molecule has 3 N–H and O–H groups in total. The number of amides is 3. The summed E-state index contributed by atoms with van der Waals surface area (Å²) in [5.41, 5.74) is 1.30. The molecule has 2 heterocycles. The van der Waals surface area contributed by atoms with E-state index in [1.807, 2.05) is 6.92 Å². The second-order valence-electron chi connectivity index (χ2n) is 10.2. The van der Waals surface area contributed by atoms with E-state index >= 15 is 0 Å². The van der Waals surface area contributed by atoms with Crippen LogP contribution in [-0.4, -0.2) is 78.7 Å². The van der Waals surface area contributed by atoms with Crippen LogP contribution in [0.3, 0.4) is 0 Å². The molecule has 0 fully saturated rings. The minimum absolute atomic E-state index is 0.0347. The number of rotatable bonds is 8. The van der Waals surface area contributed by atoms with Crippen LogP contribution in [0, 0.1) is 19.8 Å². The number of ether oxygens (including phenoxy) is 1. The summed E-state index contributed by atoms with van der Waals surface area (Å²) >= 11 is 0. The predicted molar refractivity (Wildman–Crippen MR) is 152 cm³/mol. The van der Waals surface area contributed by atoms with Crippen LogP contribution in [0.15, 0.2) is 57.9 Å². The number of nitrogens with zero attached hydrogens (tertiary/aromatic N) is 3. The monoisotopic (exact) mass is 585 g/mol. The molecule has 3 atom stereocenters. The Morgan fingerprint density at radius 2 is 1.88 bits per heavy atom. The fraction of sp³-hybridized carbons (Fsp3) is 0.393. The molecule has 4 rings (SSSR count). The summed E-state index contributed by atoms with van der Waals surface area (Å²) < 4.78 is 39.3. The van der Waals surface area contributed by atoms with Crippen molar-refractivity contribution in [2.45, 2.75) is 44.7 Å². The molecule has 2 aromatic carbocycles. The summed E-state index contributed by atoms with van der Waals surface area (Å²) in [6.07, 6.45) is -0.715. The lowest BCUT2D eigenvalue weighted by Gasteiger charge is -2.38. The number of benzene rings is 2. The van der Waals surface area contributed by atoms with Crippen LogP contribution in [0.2, 0.25) is 0 Å². The summed E-state index contributed by atoms with van der Waals surface area (Å²) in [5, 5.41) is 19.2. The molecule has 1 aliphatic heterocycles. The maximum Gasteiger partial charge on any atom is 0.323 e. The summed E-state index contributed by atoms with van der Waals surface area (Å²) in [6, 6.07) is 11.7. The number of aryl methyl sites for hydroxylation is 2. The van der Waals surface area contributed by atoms with Gasteiger partial charge in [0.1, 0.15) is 17.5 Å². The smallest absolute Gasteiger partial charge is 0.323 e. The zero-order valence-electron chi connectivity index (χ0n) is 23.6. The van der Waals surface area contributed by atoms with Gasteiger partial charge < -0.3 is 29.9 Å². The van der Waals surface area contributed by atoms with E-state index in [1.165, 1.54) is 23.5 Å². The molecule has 3 amide bonds. The number of sulfonamides is 1. The number of aliphatic hydroxyl groups is 1. The van der Waals surface area contributed by atoms with Crippen molar-refractivity contribution in [3.63, 3.8) is 0 Å². The summed E-state index contributed by atoms with van der Waals surface area (Å²) in [7, 11) is -2.36. The number of hydrogen-bond donors (Lipinski definition) is 3. The normalized spacial score (nSPS) is 18.2. The number of aliphatic hydroxyl groups excluding tert-OH is 1. The van der Waals surface area contributed by atoms with Crippen molar-refractivity contribution >= 4 is 33.3 Å². The first-order chi connectivity index (χ1) is 19.4. The first-order valence-corrected chi connectivity index (χ1v) is 14.6. The van der Waals surface area contributed by atoms with Crippen LogP contribution in [0.1, 0.15) is 35.7 Å². The average Bonchev–Trinajstić information content (AvgIpc) is 3.27. The lowest BCUT2D eigenvalue weighted by atomic mass is 9.99. The SMILES string of the molecule is Cc1noc(C)c1NC(=O)Nc1cccc2c1O[C@@H](CN(C)S(=O)(=O)c1ccccc1)[C@H](C)CN([C@H](C)CO)C2=O. The van der Waals surface area contributed by atoms with Gasteiger partial charge in [-0.05, 0) is 45.0 Å². The number of hydrogen-bond acceptors (Lipinski definition) is 8. The number of para-hydroxylation sites is 1. The second kappa shape index (κ2) is 12.3. The summed E-state index contributed by atoms with van der Waals surface area (Å²) in [4.78, 5) is 28.3. The highest BCUT2D eigenvalue weighted by molar-refractivity contribution is 7.89. The van der Waals surface area contributed by atoms with Crippen LogP contribution in [-0.2, 0) is 10.0 Å². The second-order valence-corrected chi connectivity index (χ2v) is 12.2. The molecule has 1 aliphatic rings. The quantitative estimate of drug-likeness (QED) is 0.363. The zero-order valence-corrected chi connectivity index (χ0v) is 24.4. The number of likely N-dealkylation sites (N-methyl/N-ethyl adjacent to an activating group) is 1. The van der Waals surface area contributed by atoms with Gasteiger partial charge in [0.05, 0.1) is 35.3 Å². The molecule has 0 bridgehead atoms. The first-order valence-electron chi connectivity index (χ1n) is 13.2. The number of urea groups is 1. The molecular weight excluding hydrogens is 550 g/mol. The highest BCUT2D eigenvalue weighted by Gasteiger charge is 2.36. The number of carbonyl (C=O) groups is 2. The fourth-order valence-corrected chi connectivity index (χ4v) is 5.82. The lowest BCUT2D eigenvalue weighted by Crippen LogP contribution is -2.50. The van der Waals surface area contributed by atoms with Gasteiger partial charge in [0.15, 0.2) is 11.5 Å². The van der Waals surface area contributed by atoms with Gasteiger partial charge in [0, 0.05) is 19.5 Å². The van der Waals surface area contributed by atoms with Crippen molar-refractivity contribution in [1.29, 1.82) is 0 Å². The summed E-state index contributed by atoms with van der Waals surface area (Å²) in [5.74, 6) is -0.202. The molecule has 41 heavy (non-hydrogen) atoms. The summed E-state index contributed by atoms with van der Waals surface area (Å²) in [6.45, 7) is 6.85. The van der Waals surface area contributed by atoms with Crippen LogP contribution < -0.4 is 15.4 Å². The van der Waals surface area contributed by atoms with E-state index < -0.39 is 28.2 Å². The van der Waals surface area contributed by atoms with Gasteiger partial charge in [-0.25, -0.2) is 13.2 Å². The van der Waals surface area contributed by atoms with E-state index in [0.29, 0.717) is 17.1 Å². The Labute approximate surface area is 239 Å². The fourth-order valence-electron chi connectivity index (χ4n) is 4.61. The van der Waals surface area contributed by atoms with Crippen molar-refractivity contribution in [3.8, 4) is 5.75 Å². The number of aromatic nitrogens is 1. The van der Waals surface area contributed by atoms with Crippen molar-refractivity contribution in [2.75, 3.05) is 37.4 Å². The van der Waals surface area contributed by atoms with E-state index in [1.54, 1.807) is 62.1 Å². The molecule has 13 heteroatoms. The van der Waals surface area contributed by atoms with Crippen molar-refractivity contribution in [3.05, 3.63) is 65.5 Å². The molecular formula is C28H35N5O7S. The van der Waals surface area contributed by atoms with Gasteiger partial charge in [-0.15, -0.1) is 0 Å². The highest BCUT2D eigenvalue weighted by atomic mass is 32.2. The largest absolute Gasteiger partial charge is 0.486 e. The van der Waals surface area contributed by atoms with Crippen LogP contribution in [0.4, 0.5) is 16.2 Å². The highest BCUT2D eigenvalue weighted by Crippen LogP contribution is 2.35. The molecule has 0 radical (unpaired) electrons. The predicted octanol–water partition coefficient (Wildman–Crippen LogP) is 3.48. The van der Waals surface area contributed by atoms with Crippen LogP contribution >= 0.6 is 0 Å². The van der Waals surface area contributed by atoms with E-state index in [9.17, 15) is 23.1 Å². The Morgan fingerprint density at radius 1 is 1.17 bits per heavy atom. The molecule has 12 nitrogen and oxygen atoms in total. The van der Waals surface area contributed by atoms with Gasteiger partial charge in [-0.2, -0.15) is 4.31 Å². The standard InChI is InChI=1S/C28H35N5O7S/c1-17-14-33(18(2)16-34)27(35)22-12-9-13-23(29-28(36)30-25-19(3)31-40-20(25)4)26(22)39-24(17)15-32(5)41(37,38)21-10-7-6-8-11-21/h6-13,17-18,24,34H,14-16H2,1-5H3,(H2,29,30,36)/t17-,18-,24+/m1/s1. The van der Waals surface area contributed by atoms with Crippen molar-refractivity contribution in [1.82, 2.24) is 14.4 Å². The minimum atomic E-state index is -3.83. The molecule has 3 aromatic rings. The Bertz CT molecular complexity index is 1490. The van der Waals surface area contributed by atoms with E-state index in [4.69, 9.17) is 9.26 Å². The average molecular weight is 586 g/mol. The molecule has 1 aromatic heterocycles.